The molecular formula is C19H25ClN2O. The van der Waals surface area contributed by atoms with E-state index in [1.54, 1.807) is 0 Å². The molecule has 0 aliphatic heterocycles. The number of nitrogens with two attached hydrogens (primary N) is 1. The fourth-order valence-corrected chi connectivity index (χ4v) is 2.41. The second kappa shape index (κ2) is 10.0. The minimum Gasteiger partial charge on any atom is -0.352 e. The number of aryl methyl sites for hydroxylation is 1. The summed E-state index contributed by atoms with van der Waals surface area (Å²) >= 11 is 0. The maximum absolute atomic E-state index is 12.1. The number of hydrogen-bond donors (Lipinski definition) is 2. The first-order valence-electron chi connectivity index (χ1n) is 7.79. The normalized spacial score (nSPS) is 12.8. The van der Waals surface area contributed by atoms with E-state index in [-0.39, 0.29) is 24.4 Å². The first kappa shape index (κ1) is 19.2. The molecule has 4 heteroatoms. The van der Waals surface area contributed by atoms with Crippen molar-refractivity contribution in [1.82, 2.24) is 5.32 Å². The van der Waals surface area contributed by atoms with Crippen LogP contribution in [-0.4, -0.2) is 18.0 Å². The summed E-state index contributed by atoms with van der Waals surface area (Å²) < 4.78 is 0. The van der Waals surface area contributed by atoms with E-state index in [0.29, 0.717) is 6.42 Å². The quantitative estimate of drug-likeness (QED) is 0.818. The zero-order valence-corrected chi connectivity index (χ0v) is 14.3. The number of hydrogen-bond acceptors (Lipinski definition) is 2. The summed E-state index contributed by atoms with van der Waals surface area (Å²) in [5.41, 5.74) is 8.37. The van der Waals surface area contributed by atoms with Gasteiger partial charge in [0.25, 0.3) is 0 Å². The van der Waals surface area contributed by atoms with Gasteiger partial charge in [0.2, 0.25) is 5.91 Å². The van der Waals surface area contributed by atoms with Crippen LogP contribution in [0.2, 0.25) is 0 Å². The van der Waals surface area contributed by atoms with Crippen LogP contribution in [0, 0.1) is 0 Å². The summed E-state index contributed by atoms with van der Waals surface area (Å²) in [5, 5.41) is 3.01. The van der Waals surface area contributed by atoms with Gasteiger partial charge in [0.1, 0.15) is 0 Å². The van der Waals surface area contributed by atoms with Gasteiger partial charge in [-0.2, -0.15) is 0 Å². The molecule has 0 aliphatic rings. The van der Waals surface area contributed by atoms with Crippen LogP contribution in [-0.2, 0) is 17.6 Å². The highest BCUT2D eigenvalue weighted by Gasteiger charge is 2.16. The van der Waals surface area contributed by atoms with Crippen LogP contribution in [0.25, 0.3) is 0 Å². The molecule has 0 fully saturated rings. The van der Waals surface area contributed by atoms with E-state index in [9.17, 15) is 4.79 Å². The molecule has 2 aromatic carbocycles. The molecule has 0 spiro atoms. The van der Waals surface area contributed by atoms with Crippen LogP contribution in [0.15, 0.2) is 60.7 Å². The highest BCUT2D eigenvalue weighted by Crippen LogP contribution is 2.06. The minimum atomic E-state index is -0.499. The first-order chi connectivity index (χ1) is 10.6. The Kier molecular flexibility index (Phi) is 8.38. The number of amides is 1. The van der Waals surface area contributed by atoms with Gasteiger partial charge in [-0.15, -0.1) is 12.4 Å². The van der Waals surface area contributed by atoms with Crippen molar-refractivity contribution in [3.63, 3.8) is 0 Å². The molecule has 0 aliphatic carbocycles. The van der Waals surface area contributed by atoms with Crippen LogP contribution >= 0.6 is 12.4 Å². The lowest BCUT2D eigenvalue weighted by atomic mass is 10.0. The third-order valence-electron chi connectivity index (χ3n) is 3.73. The maximum Gasteiger partial charge on any atom is 0.237 e. The molecule has 3 N–H and O–H groups in total. The van der Waals surface area contributed by atoms with Gasteiger partial charge in [0.05, 0.1) is 6.04 Å². The van der Waals surface area contributed by atoms with Gasteiger partial charge < -0.3 is 11.1 Å². The predicted molar refractivity (Wildman–Crippen MR) is 97.7 cm³/mol. The van der Waals surface area contributed by atoms with Crippen LogP contribution in [0.3, 0.4) is 0 Å². The summed E-state index contributed by atoms with van der Waals surface area (Å²) in [6.07, 6.45) is 2.43. The molecule has 2 aromatic rings. The number of halogens is 1. The van der Waals surface area contributed by atoms with Crippen LogP contribution in [0.1, 0.15) is 24.5 Å². The van der Waals surface area contributed by atoms with Crippen LogP contribution in [0.5, 0.6) is 0 Å². The Labute approximate surface area is 144 Å². The highest BCUT2D eigenvalue weighted by molar-refractivity contribution is 5.85. The predicted octanol–water partition coefficient (Wildman–Crippen LogP) is 3.12. The Bertz CT molecular complexity index is 574. The van der Waals surface area contributed by atoms with Gasteiger partial charge in [-0.25, -0.2) is 0 Å². The SMILES string of the molecule is CC(CCc1ccccc1)NC(=O)C(N)Cc1ccccc1.Cl. The van der Waals surface area contributed by atoms with Crippen LogP contribution < -0.4 is 11.1 Å². The van der Waals surface area contributed by atoms with Gasteiger partial charge in [-0.1, -0.05) is 60.7 Å². The third kappa shape index (κ3) is 6.85. The standard InChI is InChI=1S/C19H24N2O.ClH/c1-15(12-13-16-8-4-2-5-9-16)21-19(22)18(20)14-17-10-6-3-7-11-17;/h2-11,15,18H,12-14,20H2,1H3,(H,21,22);1H. The zero-order valence-electron chi connectivity index (χ0n) is 13.4. The molecule has 0 bridgehead atoms. The molecule has 0 saturated heterocycles. The zero-order chi connectivity index (χ0) is 15.8. The minimum absolute atomic E-state index is 0. The molecule has 1 amide bonds. The lowest BCUT2D eigenvalue weighted by molar-refractivity contribution is -0.123. The van der Waals surface area contributed by atoms with Crippen molar-refractivity contribution in [3.05, 3.63) is 71.8 Å². The number of rotatable bonds is 7. The first-order valence-corrected chi connectivity index (χ1v) is 7.79. The molecular weight excluding hydrogens is 308 g/mol. The summed E-state index contributed by atoms with van der Waals surface area (Å²) in [6.45, 7) is 2.02. The Balaban J connectivity index is 0.00000264. The Morgan fingerprint density at radius 2 is 1.52 bits per heavy atom. The average molecular weight is 333 g/mol. The Morgan fingerprint density at radius 3 is 2.09 bits per heavy atom. The molecule has 2 rings (SSSR count). The molecule has 23 heavy (non-hydrogen) atoms. The summed E-state index contributed by atoms with van der Waals surface area (Å²) in [7, 11) is 0. The smallest absolute Gasteiger partial charge is 0.237 e. The number of benzene rings is 2. The Hall–Kier alpha value is -1.84. The largest absolute Gasteiger partial charge is 0.352 e. The fourth-order valence-electron chi connectivity index (χ4n) is 2.41. The maximum atomic E-state index is 12.1. The summed E-state index contributed by atoms with van der Waals surface area (Å²) in [6, 6.07) is 19.8. The van der Waals surface area contributed by atoms with E-state index in [1.165, 1.54) is 5.56 Å². The van der Waals surface area contributed by atoms with Crippen molar-refractivity contribution < 1.29 is 4.79 Å². The van der Waals surface area contributed by atoms with E-state index in [2.05, 4.69) is 17.4 Å². The van der Waals surface area contributed by atoms with E-state index in [0.717, 1.165) is 18.4 Å². The molecule has 0 aromatic heterocycles. The van der Waals surface area contributed by atoms with Crippen molar-refractivity contribution in [1.29, 1.82) is 0 Å². The summed E-state index contributed by atoms with van der Waals surface area (Å²) in [5.74, 6) is -0.0792. The average Bonchev–Trinajstić information content (AvgIpc) is 2.55. The molecule has 2 atom stereocenters. The molecule has 0 saturated carbocycles. The molecule has 2 unspecified atom stereocenters. The molecule has 0 heterocycles. The second-order valence-corrected chi connectivity index (χ2v) is 5.73. The van der Waals surface area contributed by atoms with Gasteiger partial charge in [-0.3, -0.25) is 4.79 Å². The summed E-state index contributed by atoms with van der Waals surface area (Å²) in [4.78, 5) is 12.1. The van der Waals surface area contributed by atoms with Gasteiger partial charge in [0, 0.05) is 6.04 Å². The van der Waals surface area contributed by atoms with Gasteiger partial charge >= 0.3 is 0 Å². The third-order valence-corrected chi connectivity index (χ3v) is 3.73. The highest BCUT2D eigenvalue weighted by atomic mass is 35.5. The molecule has 124 valence electrons. The van der Waals surface area contributed by atoms with Crippen molar-refractivity contribution in [2.45, 2.75) is 38.3 Å². The number of carbonyl (C=O) groups excluding carboxylic acids is 1. The fraction of sp³-hybridized carbons (Fsp3) is 0.316. The topological polar surface area (TPSA) is 55.1 Å². The monoisotopic (exact) mass is 332 g/mol. The van der Waals surface area contributed by atoms with Gasteiger partial charge in [0.15, 0.2) is 0 Å². The molecule has 0 radical (unpaired) electrons. The van der Waals surface area contributed by atoms with Crippen molar-refractivity contribution in [2.24, 2.45) is 5.73 Å². The van der Waals surface area contributed by atoms with Crippen molar-refractivity contribution >= 4 is 18.3 Å². The number of carbonyl (C=O) groups is 1. The Morgan fingerprint density at radius 1 is 1.00 bits per heavy atom. The molecule has 3 nitrogen and oxygen atoms in total. The van der Waals surface area contributed by atoms with E-state index in [4.69, 9.17) is 5.73 Å². The lowest BCUT2D eigenvalue weighted by Gasteiger charge is -2.17. The van der Waals surface area contributed by atoms with Crippen molar-refractivity contribution in [3.8, 4) is 0 Å². The van der Waals surface area contributed by atoms with Crippen LogP contribution in [0.4, 0.5) is 0 Å². The number of nitrogens with one attached hydrogen (secondary N) is 1. The second-order valence-electron chi connectivity index (χ2n) is 5.73. The lowest BCUT2D eigenvalue weighted by Crippen LogP contribution is -2.45. The van der Waals surface area contributed by atoms with E-state index < -0.39 is 6.04 Å². The van der Waals surface area contributed by atoms with E-state index in [1.807, 2.05) is 55.5 Å². The van der Waals surface area contributed by atoms with Gasteiger partial charge in [-0.05, 0) is 37.3 Å². The van der Waals surface area contributed by atoms with Crippen molar-refractivity contribution in [2.75, 3.05) is 0 Å². The van der Waals surface area contributed by atoms with E-state index >= 15 is 0 Å².